The molecule has 4 nitrogen and oxygen atoms in total. The molecule has 1 aromatic heterocycles. The average molecular weight is 510 g/mol. The lowest BCUT2D eigenvalue weighted by atomic mass is 10.1. The zero-order valence-corrected chi connectivity index (χ0v) is 22.6. The van der Waals surface area contributed by atoms with Crippen LogP contribution in [0.4, 0.5) is 5.69 Å². The summed E-state index contributed by atoms with van der Waals surface area (Å²) in [5.74, 6) is 0.693. The predicted molar refractivity (Wildman–Crippen MR) is 151 cm³/mol. The Balaban J connectivity index is 1.58. The minimum absolute atomic E-state index is 0.417. The maximum absolute atomic E-state index is 6.18. The minimum atomic E-state index is 0.417. The summed E-state index contributed by atoms with van der Waals surface area (Å²) in [6.07, 6.45) is 9.61. The van der Waals surface area contributed by atoms with E-state index in [-0.39, 0.29) is 0 Å². The summed E-state index contributed by atoms with van der Waals surface area (Å²) >= 11 is 12.2. The van der Waals surface area contributed by atoms with Crippen molar-refractivity contribution >= 4 is 34.6 Å². The SMILES string of the molecule is COc1cc(Cl)ccc1NC(=S)N(Cc1cccn1Cc1ccc(C)cc1C)C1CCCCCC1. The number of aromatic nitrogens is 1. The summed E-state index contributed by atoms with van der Waals surface area (Å²) in [5.41, 5.74) is 6.08. The third-order valence-electron chi connectivity index (χ3n) is 7.03. The number of ether oxygens (including phenoxy) is 1. The van der Waals surface area contributed by atoms with E-state index in [9.17, 15) is 0 Å². The Kier molecular flexibility index (Phi) is 8.74. The van der Waals surface area contributed by atoms with Gasteiger partial charge in [0.2, 0.25) is 0 Å². The van der Waals surface area contributed by atoms with Crippen LogP contribution in [0, 0.1) is 13.8 Å². The molecule has 0 radical (unpaired) electrons. The van der Waals surface area contributed by atoms with E-state index in [4.69, 9.17) is 28.6 Å². The second-order valence-corrected chi connectivity index (χ2v) is 10.4. The highest BCUT2D eigenvalue weighted by molar-refractivity contribution is 7.80. The van der Waals surface area contributed by atoms with Gasteiger partial charge in [-0.05, 0) is 74.3 Å². The van der Waals surface area contributed by atoms with Gasteiger partial charge in [0.25, 0.3) is 0 Å². The molecule has 0 atom stereocenters. The van der Waals surface area contributed by atoms with E-state index in [1.807, 2.05) is 18.2 Å². The second kappa shape index (κ2) is 12.0. The molecule has 0 bridgehead atoms. The molecule has 186 valence electrons. The molecule has 4 rings (SSSR count). The van der Waals surface area contributed by atoms with Crippen molar-refractivity contribution in [1.82, 2.24) is 9.47 Å². The lowest BCUT2D eigenvalue weighted by Crippen LogP contribution is -2.42. The van der Waals surface area contributed by atoms with Crippen molar-refractivity contribution in [1.29, 1.82) is 0 Å². The Hall–Kier alpha value is -2.50. The molecule has 1 N–H and O–H groups in total. The molecule has 1 saturated carbocycles. The lowest BCUT2D eigenvalue weighted by molar-refractivity contribution is 0.274. The van der Waals surface area contributed by atoms with Crippen LogP contribution in [-0.2, 0) is 13.1 Å². The van der Waals surface area contributed by atoms with Gasteiger partial charge in [-0.25, -0.2) is 0 Å². The monoisotopic (exact) mass is 509 g/mol. The van der Waals surface area contributed by atoms with Gasteiger partial charge in [0, 0.05) is 35.6 Å². The van der Waals surface area contributed by atoms with E-state index in [2.05, 4.69) is 65.2 Å². The van der Waals surface area contributed by atoms with Crippen LogP contribution in [0.25, 0.3) is 0 Å². The molecule has 0 saturated heterocycles. The molecular formula is C29H36ClN3OS. The highest BCUT2D eigenvalue weighted by atomic mass is 35.5. The first-order chi connectivity index (χ1) is 16.9. The molecule has 1 heterocycles. The molecule has 6 heteroatoms. The highest BCUT2D eigenvalue weighted by Crippen LogP contribution is 2.30. The van der Waals surface area contributed by atoms with E-state index >= 15 is 0 Å². The normalized spacial score (nSPS) is 14.4. The molecule has 1 fully saturated rings. The Morgan fingerprint density at radius 2 is 1.86 bits per heavy atom. The van der Waals surface area contributed by atoms with Crippen molar-refractivity contribution in [3.8, 4) is 5.75 Å². The largest absolute Gasteiger partial charge is 0.495 e. The molecule has 3 aromatic rings. The molecule has 0 amide bonds. The molecule has 0 spiro atoms. The molecule has 35 heavy (non-hydrogen) atoms. The van der Waals surface area contributed by atoms with Crippen LogP contribution in [0.5, 0.6) is 5.75 Å². The summed E-state index contributed by atoms with van der Waals surface area (Å²) < 4.78 is 7.91. The third kappa shape index (κ3) is 6.59. The minimum Gasteiger partial charge on any atom is -0.495 e. The van der Waals surface area contributed by atoms with Gasteiger partial charge in [0.15, 0.2) is 5.11 Å². The number of thiocarbonyl (C=S) groups is 1. The van der Waals surface area contributed by atoms with Crippen molar-refractivity contribution < 1.29 is 4.74 Å². The van der Waals surface area contributed by atoms with E-state index in [1.165, 1.54) is 48.1 Å². The van der Waals surface area contributed by atoms with Gasteiger partial charge in [-0.2, -0.15) is 0 Å². The van der Waals surface area contributed by atoms with E-state index < -0.39 is 0 Å². The number of rotatable bonds is 7. The molecule has 0 aliphatic heterocycles. The number of benzene rings is 2. The first kappa shape index (κ1) is 25.6. The van der Waals surface area contributed by atoms with Gasteiger partial charge in [-0.15, -0.1) is 0 Å². The van der Waals surface area contributed by atoms with Crippen LogP contribution < -0.4 is 10.1 Å². The number of anilines is 1. The van der Waals surface area contributed by atoms with Gasteiger partial charge in [0.05, 0.1) is 19.3 Å². The van der Waals surface area contributed by atoms with Crippen LogP contribution >= 0.6 is 23.8 Å². The zero-order chi connectivity index (χ0) is 24.8. The number of nitrogens with zero attached hydrogens (tertiary/aromatic N) is 2. The van der Waals surface area contributed by atoms with Gasteiger partial charge in [-0.1, -0.05) is 61.0 Å². The maximum atomic E-state index is 6.18. The van der Waals surface area contributed by atoms with E-state index in [1.54, 1.807) is 7.11 Å². The lowest BCUT2D eigenvalue weighted by Gasteiger charge is -2.34. The highest BCUT2D eigenvalue weighted by Gasteiger charge is 2.24. The van der Waals surface area contributed by atoms with Crippen LogP contribution in [-0.4, -0.2) is 27.7 Å². The van der Waals surface area contributed by atoms with Gasteiger partial charge >= 0.3 is 0 Å². The maximum Gasteiger partial charge on any atom is 0.174 e. The fourth-order valence-corrected chi connectivity index (χ4v) is 5.51. The zero-order valence-electron chi connectivity index (χ0n) is 21.0. The summed E-state index contributed by atoms with van der Waals surface area (Å²) in [4.78, 5) is 2.39. The quantitative estimate of drug-likeness (QED) is 0.260. The molecule has 0 unspecified atom stereocenters. The van der Waals surface area contributed by atoms with Crippen molar-refractivity contribution in [2.75, 3.05) is 12.4 Å². The van der Waals surface area contributed by atoms with Crippen molar-refractivity contribution in [3.63, 3.8) is 0 Å². The Morgan fingerprint density at radius 1 is 1.09 bits per heavy atom. The van der Waals surface area contributed by atoms with Crippen molar-refractivity contribution in [3.05, 3.63) is 82.1 Å². The first-order valence-corrected chi connectivity index (χ1v) is 13.3. The first-order valence-electron chi connectivity index (χ1n) is 12.6. The summed E-state index contributed by atoms with van der Waals surface area (Å²) in [5, 5.41) is 4.84. The molecule has 2 aromatic carbocycles. The number of aryl methyl sites for hydroxylation is 2. The Labute approximate surface area is 220 Å². The number of nitrogens with one attached hydrogen (secondary N) is 1. The fourth-order valence-electron chi connectivity index (χ4n) is 5.02. The van der Waals surface area contributed by atoms with Gasteiger partial charge < -0.3 is 19.5 Å². The molecule has 1 aliphatic carbocycles. The number of hydrogen-bond acceptors (Lipinski definition) is 2. The topological polar surface area (TPSA) is 29.4 Å². The van der Waals surface area contributed by atoms with E-state index in [0.29, 0.717) is 16.8 Å². The number of methoxy groups -OCH3 is 1. The number of hydrogen-bond donors (Lipinski definition) is 1. The van der Waals surface area contributed by atoms with Gasteiger partial charge in [0.1, 0.15) is 5.75 Å². The van der Waals surface area contributed by atoms with Crippen LogP contribution in [0.1, 0.15) is 60.9 Å². The second-order valence-electron chi connectivity index (χ2n) is 9.61. The average Bonchev–Trinajstić information content (AvgIpc) is 3.09. The van der Waals surface area contributed by atoms with Crippen molar-refractivity contribution in [2.45, 2.75) is 71.5 Å². The summed E-state index contributed by atoms with van der Waals surface area (Å²) in [7, 11) is 1.66. The summed E-state index contributed by atoms with van der Waals surface area (Å²) in [6, 6.07) is 17.1. The van der Waals surface area contributed by atoms with Crippen LogP contribution in [0.2, 0.25) is 5.02 Å². The van der Waals surface area contributed by atoms with Crippen LogP contribution in [0.15, 0.2) is 54.7 Å². The fraction of sp³-hybridized carbons (Fsp3) is 0.414. The summed E-state index contributed by atoms with van der Waals surface area (Å²) in [6.45, 7) is 5.97. The van der Waals surface area contributed by atoms with E-state index in [0.717, 1.165) is 36.7 Å². The van der Waals surface area contributed by atoms with Crippen molar-refractivity contribution in [2.24, 2.45) is 0 Å². The predicted octanol–water partition coefficient (Wildman–Crippen LogP) is 7.74. The van der Waals surface area contributed by atoms with Gasteiger partial charge in [-0.3, -0.25) is 0 Å². The Bertz CT molecular complexity index is 1150. The molecule has 1 aliphatic rings. The number of halogens is 1. The molecular weight excluding hydrogens is 474 g/mol. The third-order valence-corrected chi connectivity index (χ3v) is 7.60. The van der Waals surface area contributed by atoms with Crippen LogP contribution in [0.3, 0.4) is 0 Å². The Morgan fingerprint density at radius 3 is 2.57 bits per heavy atom. The smallest absolute Gasteiger partial charge is 0.174 e. The standard InChI is InChI=1S/C29H36ClN3OS/c1-21-12-13-23(22(2)17-21)19-32-16-8-11-26(32)20-33(25-9-6-4-5-7-10-25)29(35)31-27-15-14-24(30)18-28(27)34-3/h8,11-18,25H,4-7,9-10,19-20H2,1-3H3,(H,31,35).